The lowest BCUT2D eigenvalue weighted by Gasteiger charge is -2.11. The fraction of sp³-hybridized carbons (Fsp3) is 0.222. The quantitative estimate of drug-likeness (QED) is 0.701. The molecule has 6 nitrogen and oxygen atoms in total. The summed E-state index contributed by atoms with van der Waals surface area (Å²) in [6.07, 6.45) is 0.0389. The lowest BCUT2D eigenvalue weighted by atomic mass is 10.1. The van der Waals surface area contributed by atoms with Gasteiger partial charge in [-0.15, -0.1) is 0 Å². The van der Waals surface area contributed by atoms with Crippen LogP contribution in [-0.2, 0) is 29.1 Å². The Labute approximate surface area is 145 Å². The van der Waals surface area contributed by atoms with E-state index in [1.165, 1.54) is 24.3 Å². The van der Waals surface area contributed by atoms with Crippen molar-refractivity contribution in [1.29, 1.82) is 0 Å². The highest BCUT2D eigenvalue weighted by Crippen LogP contribution is 2.09. The minimum atomic E-state index is -0.528. The molecular weight excluding hydrogens is 325 g/mol. The van der Waals surface area contributed by atoms with E-state index in [1.54, 1.807) is 7.11 Å². The minimum Gasteiger partial charge on any atom is -0.380 e. The van der Waals surface area contributed by atoms with Crippen molar-refractivity contribution in [1.82, 2.24) is 16.2 Å². The Morgan fingerprint density at radius 2 is 1.68 bits per heavy atom. The molecule has 0 heterocycles. The number of benzene rings is 2. The van der Waals surface area contributed by atoms with Gasteiger partial charge in [0.05, 0.1) is 13.0 Å². The molecule has 132 valence electrons. The summed E-state index contributed by atoms with van der Waals surface area (Å²) in [5.41, 5.74) is 7.14. The zero-order chi connectivity index (χ0) is 18.1. The molecule has 0 unspecified atom stereocenters. The molecule has 25 heavy (non-hydrogen) atoms. The molecule has 3 N–H and O–H groups in total. The van der Waals surface area contributed by atoms with E-state index in [0.29, 0.717) is 18.7 Å². The van der Waals surface area contributed by atoms with Gasteiger partial charge in [-0.25, -0.2) is 14.6 Å². The highest BCUT2D eigenvalue weighted by Gasteiger charge is 2.07. The molecule has 3 amide bonds. The molecule has 0 aliphatic heterocycles. The minimum absolute atomic E-state index is 0.0389. The van der Waals surface area contributed by atoms with E-state index in [1.807, 2.05) is 24.3 Å². The Morgan fingerprint density at radius 3 is 2.36 bits per heavy atom. The number of hydrazine groups is 1. The Morgan fingerprint density at radius 1 is 1.00 bits per heavy atom. The first kappa shape index (κ1) is 18.4. The van der Waals surface area contributed by atoms with Crippen LogP contribution < -0.4 is 16.2 Å². The molecule has 0 bridgehead atoms. The normalized spacial score (nSPS) is 10.2. The molecule has 2 aromatic carbocycles. The number of carbonyl (C=O) groups excluding carboxylic acids is 2. The van der Waals surface area contributed by atoms with Crippen LogP contribution in [0.25, 0.3) is 0 Å². The van der Waals surface area contributed by atoms with Crippen LogP contribution in [-0.4, -0.2) is 19.0 Å². The van der Waals surface area contributed by atoms with E-state index < -0.39 is 11.9 Å². The molecule has 0 spiro atoms. The average Bonchev–Trinajstić information content (AvgIpc) is 2.61. The Bertz CT molecular complexity index is 720. The van der Waals surface area contributed by atoms with Crippen molar-refractivity contribution in [2.24, 2.45) is 0 Å². The third-order valence-electron chi connectivity index (χ3n) is 3.45. The van der Waals surface area contributed by atoms with Crippen molar-refractivity contribution in [3.05, 3.63) is 71.0 Å². The highest BCUT2D eigenvalue weighted by atomic mass is 19.1. The first-order chi connectivity index (χ1) is 12.1. The molecular formula is C18H20FN3O3. The van der Waals surface area contributed by atoms with Gasteiger partial charge in [0.1, 0.15) is 5.82 Å². The van der Waals surface area contributed by atoms with Gasteiger partial charge >= 0.3 is 6.03 Å². The summed E-state index contributed by atoms with van der Waals surface area (Å²) < 4.78 is 17.9. The van der Waals surface area contributed by atoms with Crippen LogP contribution in [0.3, 0.4) is 0 Å². The first-order valence-corrected chi connectivity index (χ1v) is 7.71. The fourth-order valence-corrected chi connectivity index (χ4v) is 2.20. The maximum atomic E-state index is 12.8. The Balaban J connectivity index is 1.75. The average molecular weight is 345 g/mol. The number of hydrogen-bond acceptors (Lipinski definition) is 3. The summed E-state index contributed by atoms with van der Waals surface area (Å²) in [4.78, 5) is 23.5. The SMILES string of the molecule is COCc1ccccc1CNC(=O)NNC(=O)Cc1ccc(F)cc1. The molecule has 0 fully saturated rings. The number of amides is 3. The van der Waals surface area contributed by atoms with Gasteiger partial charge in [0.15, 0.2) is 0 Å². The molecule has 0 aromatic heterocycles. The molecule has 2 rings (SSSR count). The lowest BCUT2D eigenvalue weighted by Crippen LogP contribution is -2.47. The van der Waals surface area contributed by atoms with Crippen molar-refractivity contribution in [2.45, 2.75) is 19.6 Å². The second-order valence-electron chi connectivity index (χ2n) is 5.36. The molecule has 0 saturated carbocycles. The standard InChI is InChI=1S/C18H20FN3O3/c1-25-12-15-5-3-2-4-14(15)11-20-18(24)22-21-17(23)10-13-6-8-16(19)9-7-13/h2-9H,10-12H2,1H3,(H,21,23)(H2,20,22,24). The van der Waals surface area contributed by atoms with Crippen molar-refractivity contribution < 1.29 is 18.7 Å². The zero-order valence-corrected chi connectivity index (χ0v) is 13.8. The molecule has 2 aromatic rings. The number of rotatable bonds is 6. The number of urea groups is 1. The largest absolute Gasteiger partial charge is 0.380 e. The third-order valence-corrected chi connectivity index (χ3v) is 3.45. The second-order valence-corrected chi connectivity index (χ2v) is 5.36. The highest BCUT2D eigenvalue weighted by molar-refractivity contribution is 5.82. The maximum absolute atomic E-state index is 12.8. The van der Waals surface area contributed by atoms with Gasteiger partial charge < -0.3 is 10.1 Å². The summed E-state index contributed by atoms with van der Waals surface area (Å²) in [5, 5.41) is 2.65. The predicted octanol–water partition coefficient (Wildman–Crippen LogP) is 2.05. The van der Waals surface area contributed by atoms with Gasteiger partial charge in [0.25, 0.3) is 0 Å². The van der Waals surface area contributed by atoms with Crippen molar-refractivity contribution in [3.8, 4) is 0 Å². The number of nitrogens with one attached hydrogen (secondary N) is 3. The summed E-state index contributed by atoms with van der Waals surface area (Å²) in [6, 6.07) is 12.6. The molecule has 0 radical (unpaired) electrons. The van der Waals surface area contributed by atoms with Crippen LogP contribution in [0.5, 0.6) is 0 Å². The van der Waals surface area contributed by atoms with E-state index in [-0.39, 0.29) is 12.2 Å². The Hall–Kier alpha value is -2.93. The molecule has 0 saturated heterocycles. The number of hydrogen-bond donors (Lipinski definition) is 3. The fourth-order valence-electron chi connectivity index (χ4n) is 2.20. The third kappa shape index (κ3) is 6.23. The zero-order valence-electron chi connectivity index (χ0n) is 13.8. The van der Waals surface area contributed by atoms with Gasteiger partial charge in [-0.05, 0) is 28.8 Å². The van der Waals surface area contributed by atoms with E-state index in [2.05, 4.69) is 16.2 Å². The Kier molecular flexibility index (Phi) is 6.91. The van der Waals surface area contributed by atoms with Crippen molar-refractivity contribution >= 4 is 11.9 Å². The van der Waals surface area contributed by atoms with Gasteiger partial charge in [0.2, 0.25) is 5.91 Å². The van der Waals surface area contributed by atoms with Crippen LogP contribution in [0.2, 0.25) is 0 Å². The van der Waals surface area contributed by atoms with Crippen LogP contribution in [0, 0.1) is 5.82 Å². The van der Waals surface area contributed by atoms with Crippen LogP contribution in [0.4, 0.5) is 9.18 Å². The second kappa shape index (κ2) is 9.39. The topological polar surface area (TPSA) is 79.5 Å². The summed E-state index contributed by atoms with van der Waals surface area (Å²) >= 11 is 0. The van der Waals surface area contributed by atoms with Crippen molar-refractivity contribution in [2.75, 3.05) is 7.11 Å². The summed E-state index contributed by atoms with van der Waals surface area (Å²) in [7, 11) is 1.60. The summed E-state index contributed by atoms with van der Waals surface area (Å²) in [5.74, 6) is -0.767. The van der Waals surface area contributed by atoms with E-state index in [4.69, 9.17) is 4.74 Å². The monoisotopic (exact) mass is 345 g/mol. The van der Waals surface area contributed by atoms with Gasteiger partial charge in [-0.1, -0.05) is 36.4 Å². The van der Waals surface area contributed by atoms with Crippen LogP contribution in [0.15, 0.2) is 48.5 Å². The van der Waals surface area contributed by atoms with Gasteiger partial charge in [-0.3, -0.25) is 10.2 Å². The predicted molar refractivity (Wildman–Crippen MR) is 90.8 cm³/mol. The van der Waals surface area contributed by atoms with E-state index in [9.17, 15) is 14.0 Å². The lowest BCUT2D eigenvalue weighted by molar-refractivity contribution is -0.121. The number of methoxy groups -OCH3 is 1. The number of carbonyl (C=O) groups is 2. The molecule has 0 atom stereocenters. The van der Waals surface area contributed by atoms with E-state index >= 15 is 0 Å². The van der Waals surface area contributed by atoms with Crippen molar-refractivity contribution in [3.63, 3.8) is 0 Å². The molecule has 7 heteroatoms. The smallest absolute Gasteiger partial charge is 0.333 e. The molecule has 0 aliphatic carbocycles. The first-order valence-electron chi connectivity index (χ1n) is 7.71. The van der Waals surface area contributed by atoms with E-state index in [0.717, 1.165) is 11.1 Å². The number of ether oxygens (including phenoxy) is 1. The van der Waals surface area contributed by atoms with Crippen LogP contribution >= 0.6 is 0 Å². The summed E-state index contributed by atoms with van der Waals surface area (Å²) in [6.45, 7) is 0.757. The van der Waals surface area contributed by atoms with Crippen LogP contribution in [0.1, 0.15) is 16.7 Å². The van der Waals surface area contributed by atoms with Gasteiger partial charge in [-0.2, -0.15) is 0 Å². The number of halogens is 1. The van der Waals surface area contributed by atoms with Gasteiger partial charge in [0, 0.05) is 13.7 Å². The molecule has 0 aliphatic rings. The maximum Gasteiger partial charge on any atom is 0.333 e.